The molecule has 2 N–H and O–H groups in total. The first-order chi connectivity index (χ1) is 15.5. The first-order valence-electron chi connectivity index (χ1n) is 10.4. The molecule has 2 aromatic carbocycles. The number of carbonyl (C=O) groups excluding carboxylic acids is 2. The Morgan fingerprint density at radius 1 is 1.06 bits per heavy atom. The molecule has 2 amide bonds. The molecular weight excluding hydrogens is 426 g/mol. The van der Waals surface area contributed by atoms with Gasteiger partial charge in [0.05, 0.1) is 25.8 Å². The molecule has 1 aliphatic rings. The van der Waals surface area contributed by atoms with Crippen molar-refractivity contribution in [2.45, 2.75) is 32.1 Å². The Morgan fingerprint density at radius 3 is 2.38 bits per heavy atom. The lowest BCUT2D eigenvalue weighted by molar-refractivity contribution is -0.117. The van der Waals surface area contributed by atoms with E-state index in [-0.39, 0.29) is 17.7 Å². The van der Waals surface area contributed by atoms with E-state index in [1.165, 1.54) is 31.1 Å². The lowest BCUT2D eigenvalue weighted by atomic mass is 10.1. The van der Waals surface area contributed by atoms with Gasteiger partial charge in [0.15, 0.2) is 5.13 Å². The minimum atomic E-state index is -0.324. The molecule has 4 rings (SSSR count). The number of methoxy groups -OCH3 is 2. The number of nitrogens with zero attached hydrogens (tertiary/aromatic N) is 1. The number of nitrogens with one attached hydrogen (secondary N) is 2. The molecule has 1 atom stereocenters. The van der Waals surface area contributed by atoms with E-state index in [4.69, 9.17) is 9.47 Å². The average molecular weight is 452 g/mol. The van der Waals surface area contributed by atoms with Gasteiger partial charge in [-0.1, -0.05) is 19.1 Å². The SMILES string of the molecule is CCc1ccc(NC(=O)C2CCc3sc(NC(=O)c4cc(OC)cc(OC)c4)nc32)cc1. The van der Waals surface area contributed by atoms with E-state index in [2.05, 4.69) is 22.5 Å². The Balaban J connectivity index is 1.46. The van der Waals surface area contributed by atoms with Crippen LogP contribution in [0.15, 0.2) is 42.5 Å². The monoisotopic (exact) mass is 451 g/mol. The molecule has 1 unspecified atom stereocenters. The highest BCUT2D eigenvalue weighted by Gasteiger charge is 2.33. The number of anilines is 2. The Labute approximate surface area is 190 Å². The molecule has 1 heterocycles. The molecule has 0 aliphatic heterocycles. The number of carbonyl (C=O) groups is 2. The van der Waals surface area contributed by atoms with Crippen LogP contribution in [0.5, 0.6) is 11.5 Å². The minimum absolute atomic E-state index is 0.0753. The summed E-state index contributed by atoms with van der Waals surface area (Å²) < 4.78 is 10.5. The zero-order chi connectivity index (χ0) is 22.7. The van der Waals surface area contributed by atoms with Crippen LogP contribution in [0.1, 0.15) is 45.8 Å². The van der Waals surface area contributed by atoms with Crippen molar-refractivity contribution < 1.29 is 19.1 Å². The quantitative estimate of drug-likeness (QED) is 0.546. The minimum Gasteiger partial charge on any atom is -0.497 e. The van der Waals surface area contributed by atoms with Crippen molar-refractivity contribution in [1.82, 2.24) is 4.98 Å². The van der Waals surface area contributed by atoms with Crippen molar-refractivity contribution >= 4 is 34.0 Å². The molecule has 1 aromatic heterocycles. The molecule has 7 nitrogen and oxygen atoms in total. The zero-order valence-corrected chi connectivity index (χ0v) is 19.0. The first-order valence-corrected chi connectivity index (χ1v) is 11.3. The fraction of sp³-hybridized carbons (Fsp3) is 0.292. The van der Waals surface area contributed by atoms with Crippen molar-refractivity contribution in [1.29, 1.82) is 0 Å². The summed E-state index contributed by atoms with van der Waals surface area (Å²) in [4.78, 5) is 31.2. The summed E-state index contributed by atoms with van der Waals surface area (Å²) in [6, 6.07) is 12.8. The van der Waals surface area contributed by atoms with Gasteiger partial charge in [-0.15, -0.1) is 11.3 Å². The molecule has 8 heteroatoms. The Morgan fingerprint density at radius 2 is 1.75 bits per heavy atom. The zero-order valence-electron chi connectivity index (χ0n) is 18.2. The molecule has 0 radical (unpaired) electrons. The van der Waals surface area contributed by atoms with Crippen molar-refractivity contribution in [3.05, 3.63) is 64.2 Å². The fourth-order valence-corrected chi connectivity index (χ4v) is 4.73. The predicted octanol–water partition coefficient (Wildman–Crippen LogP) is 4.64. The molecule has 1 aliphatic carbocycles. The summed E-state index contributed by atoms with van der Waals surface area (Å²) in [6.07, 6.45) is 2.44. The Hall–Kier alpha value is -3.39. The predicted molar refractivity (Wildman–Crippen MR) is 125 cm³/mol. The molecule has 0 bridgehead atoms. The highest BCUT2D eigenvalue weighted by atomic mass is 32.1. The van der Waals surface area contributed by atoms with Gasteiger partial charge in [0.25, 0.3) is 5.91 Å². The summed E-state index contributed by atoms with van der Waals surface area (Å²) in [5.74, 6) is 0.342. The maximum Gasteiger partial charge on any atom is 0.257 e. The van der Waals surface area contributed by atoms with Crippen molar-refractivity contribution in [2.24, 2.45) is 0 Å². The topological polar surface area (TPSA) is 89.6 Å². The molecular formula is C24H25N3O4S. The number of aryl methyl sites for hydroxylation is 2. The van der Waals surface area contributed by atoms with Crippen LogP contribution in [0.25, 0.3) is 0 Å². The number of thiazole rings is 1. The van der Waals surface area contributed by atoms with Crippen molar-refractivity contribution in [3.8, 4) is 11.5 Å². The van der Waals surface area contributed by atoms with Crippen LogP contribution in [0.2, 0.25) is 0 Å². The third-order valence-corrected chi connectivity index (χ3v) is 6.54. The molecule has 166 valence electrons. The lowest BCUT2D eigenvalue weighted by Gasteiger charge is -2.11. The number of ether oxygens (including phenoxy) is 2. The number of benzene rings is 2. The normalized spacial score (nSPS) is 14.5. The fourth-order valence-electron chi connectivity index (χ4n) is 3.70. The molecule has 0 saturated carbocycles. The summed E-state index contributed by atoms with van der Waals surface area (Å²) >= 11 is 1.41. The van der Waals surface area contributed by atoms with Gasteiger partial charge in [-0.3, -0.25) is 14.9 Å². The smallest absolute Gasteiger partial charge is 0.257 e. The lowest BCUT2D eigenvalue weighted by Crippen LogP contribution is -2.20. The summed E-state index contributed by atoms with van der Waals surface area (Å²) in [5, 5.41) is 6.30. The van der Waals surface area contributed by atoms with Crippen LogP contribution in [0.3, 0.4) is 0 Å². The largest absolute Gasteiger partial charge is 0.497 e. The van der Waals surface area contributed by atoms with E-state index in [0.29, 0.717) is 28.6 Å². The molecule has 3 aromatic rings. The van der Waals surface area contributed by atoms with Crippen molar-refractivity contribution in [3.63, 3.8) is 0 Å². The Bertz CT molecular complexity index is 1120. The van der Waals surface area contributed by atoms with Crippen LogP contribution < -0.4 is 20.1 Å². The molecule has 0 fully saturated rings. The standard InChI is InChI=1S/C24H25N3O4S/c1-4-14-5-7-16(8-6-14)25-23(29)19-9-10-20-21(19)26-24(32-20)27-22(28)15-11-17(30-2)13-18(12-15)31-3/h5-8,11-13,19H,4,9-10H2,1-3H3,(H,25,29)(H,26,27,28). The van der Waals surface area contributed by atoms with Gasteiger partial charge in [-0.05, 0) is 49.1 Å². The van der Waals surface area contributed by atoms with Crippen LogP contribution in [0, 0.1) is 0 Å². The average Bonchev–Trinajstić information content (AvgIpc) is 3.39. The van der Waals surface area contributed by atoms with Gasteiger partial charge in [0.1, 0.15) is 11.5 Å². The van der Waals surface area contributed by atoms with Gasteiger partial charge >= 0.3 is 0 Å². The second-order valence-electron chi connectivity index (χ2n) is 7.51. The van der Waals surface area contributed by atoms with Gasteiger partial charge in [0, 0.05) is 22.2 Å². The van der Waals surface area contributed by atoms with E-state index in [0.717, 1.165) is 29.1 Å². The number of aromatic nitrogens is 1. The van der Waals surface area contributed by atoms with Crippen molar-refractivity contribution in [2.75, 3.05) is 24.9 Å². The molecule has 32 heavy (non-hydrogen) atoms. The van der Waals surface area contributed by atoms with Crippen LogP contribution in [-0.2, 0) is 17.6 Å². The number of amides is 2. The number of hydrogen-bond donors (Lipinski definition) is 2. The summed E-state index contributed by atoms with van der Waals surface area (Å²) in [5.41, 5.74) is 3.15. The second kappa shape index (κ2) is 9.40. The number of hydrogen-bond acceptors (Lipinski definition) is 6. The Kier molecular flexibility index (Phi) is 6.41. The van der Waals surface area contributed by atoms with Gasteiger partial charge in [-0.25, -0.2) is 4.98 Å². The van der Waals surface area contributed by atoms with Gasteiger partial charge in [-0.2, -0.15) is 0 Å². The second-order valence-corrected chi connectivity index (χ2v) is 8.60. The van der Waals surface area contributed by atoms with Crippen LogP contribution in [-0.4, -0.2) is 31.0 Å². The van der Waals surface area contributed by atoms with Crippen LogP contribution >= 0.6 is 11.3 Å². The van der Waals surface area contributed by atoms with E-state index in [9.17, 15) is 9.59 Å². The number of rotatable bonds is 7. The molecule has 0 saturated heterocycles. The van der Waals surface area contributed by atoms with Crippen LogP contribution in [0.4, 0.5) is 10.8 Å². The third-order valence-electron chi connectivity index (χ3n) is 5.50. The first kappa shape index (κ1) is 21.8. The maximum atomic E-state index is 12.9. The third kappa shape index (κ3) is 4.60. The highest BCUT2D eigenvalue weighted by Crippen LogP contribution is 2.39. The summed E-state index contributed by atoms with van der Waals surface area (Å²) in [7, 11) is 3.07. The molecule has 0 spiro atoms. The van der Waals surface area contributed by atoms with Gasteiger partial charge in [0.2, 0.25) is 5.91 Å². The van der Waals surface area contributed by atoms with E-state index < -0.39 is 0 Å². The number of fused-ring (bicyclic) bond motifs is 1. The van der Waals surface area contributed by atoms with Gasteiger partial charge < -0.3 is 14.8 Å². The van der Waals surface area contributed by atoms with E-state index >= 15 is 0 Å². The van der Waals surface area contributed by atoms with E-state index in [1.54, 1.807) is 18.2 Å². The summed E-state index contributed by atoms with van der Waals surface area (Å²) in [6.45, 7) is 2.09. The maximum absolute atomic E-state index is 12.9. The van der Waals surface area contributed by atoms with E-state index in [1.807, 2.05) is 24.3 Å². The highest BCUT2D eigenvalue weighted by molar-refractivity contribution is 7.16.